The van der Waals surface area contributed by atoms with E-state index in [0.29, 0.717) is 12.0 Å². The minimum absolute atomic E-state index is 0.0469. The molecule has 0 spiro atoms. The molecule has 0 fully saturated rings. The molecule has 24 heavy (non-hydrogen) atoms. The van der Waals surface area contributed by atoms with Gasteiger partial charge >= 0.3 is 6.18 Å². The number of aromatic nitrogens is 1. The van der Waals surface area contributed by atoms with Crippen molar-refractivity contribution in [1.82, 2.24) is 4.57 Å². The van der Waals surface area contributed by atoms with Gasteiger partial charge in [-0.25, -0.2) is 0 Å². The molecule has 0 saturated heterocycles. The van der Waals surface area contributed by atoms with Gasteiger partial charge in [0.15, 0.2) is 0 Å². The fourth-order valence-corrected chi connectivity index (χ4v) is 3.48. The number of carbonyl (C=O) groups is 1. The first-order chi connectivity index (χ1) is 11.5. The minimum Gasteiger partial charge on any atom is -0.284 e. The van der Waals surface area contributed by atoms with E-state index in [1.807, 2.05) is 24.3 Å². The van der Waals surface area contributed by atoms with Crippen molar-refractivity contribution in [3.63, 3.8) is 0 Å². The lowest BCUT2D eigenvalue weighted by Crippen LogP contribution is -2.18. The summed E-state index contributed by atoms with van der Waals surface area (Å²) in [6.45, 7) is 0. The zero-order valence-corrected chi connectivity index (χ0v) is 12.7. The van der Waals surface area contributed by atoms with Crippen LogP contribution in [0.2, 0.25) is 0 Å². The highest BCUT2D eigenvalue weighted by Gasteiger charge is 2.31. The third-order valence-electron chi connectivity index (χ3n) is 4.53. The number of para-hydroxylation sites is 1. The van der Waals surface area contributed by atoms with E-state index in [2.05, 4.69) is 0 Å². The first-order valence-electron chi connectivity index (χ1n) is 7.80. The van der Waals surface area contributed by atoms with Crippen LogP contribution in [0.15, 0.2) is 48.5 Å². The zero-order valence-electron chi connectivity index (χ0n) is 12.7. The Kier molecular flexibility index (Phi) is 3.27. The Bertz CT molecular complexity index is 936. The monoisotopic (exact) mass is 329 g/mol. The molecule has 0 N–H and O–H groups in total. The van der Waals surface area contributed by atoms with Gasteiger partial charge in [-0.05, 0) is 36.6 Å². The minimum atomic E-state index is -4.35. The normalized spacial score (nSPS) is 14.9. The molecule has 2 aromatic carbocycles. The Balaban J connectivity index is 1.96. The largest absolute Gasteiger partial charge is 0.416 e. The molecule has 0 aliphatic carbocycles. The van der Waals surface area contributed by atoms with Crippen LogP contribution in [0, 0.1) is 0 Å². The lowest BCUT2D eigenvalue weighted by Gasteiger charge is -2.16. The van der Waals surface area contributed by atoms with Crippen molar-refractivity contribution in [3.05, 3.63) is 59.8 Å². The summed E-state index contributed by atoms with van der Waals surface area (Å²) < 4.78 is 40.1. The van der Waals surface area contributed by atoms with Gasteiger partial charge in [0, 0.05) is 23.1 Å². The summed E-state index contributed by atoms with van der Waals surface area (Å²) in [7, 11) is 0. The number of rotatable bonds is 1. The molecule has 0 radical (unpaired) electrons. The van der Waals surface area contributed by atoms with E-state index < -0.39 is 11.7 Å². The van der Waals surface area contributed by atoms with E-state index in [1.165, 1.54) is 12.1 Å². The summed E-state index contributed by atoms with van der Waals surface area (Å²) in [5.41, 5.74) is 2.63. The van der Waals surface area contributed by atoms with Crippen LogP contribution < -0.4 is 0 Å². The lowest BCUT2D eigenvalue weighted by atomic mass is 9.97. The number of hydrogen-bond donors (Lipinski definition) is 0. The third-order valence-corrected chi connectivity index (χ3v) is 4.53. The Hall–Kier alpha value is -2.56. The molecule has 3 aromatic rings. The predicted molar refractivity (Wildman–Crippen MR) is 85.9 cm³/mol. The molecule has 2 nitrogen and oxygen atoms in total. The van der Waals surface area contributed by atoms with Gasteiger partial charge in [-0.2, -0.15) is 13.2 Å². The SMILES string of the molecule is O=C1CCCc2c(-c3ccc(C(F)(F)F)cc3)c3ccccc3n21. The molecule has 0 unspecified atom stereocenters. The van der Waals surface area contributed by atoms with Crippen molar-refractivity contribution < 1.29 is 18.0 Å². The number of carbonyl (C=O) groups excluding carboxylic acids is 1. The summed E-state index contributed by atoms with van der Waals surface area (Å²) in [6.07, 6.45) is -2.34. The highest BCUT2D eigenvalue weighted by Crippen LogP contribution is 2.39. The molecule has 1 aromatic heterocycles. The van der Waals surface area contributed by atoms with E-state index in [1.54, 1.807) is 4.57 Å². The van der Waals surface area contributed by atoms with Gasteiger partial charge in [0.1, 0.15) is 0 Å². The second-order valence-corrected chi connectivity index (χ2v) is 6.00. The van der Waals surface area contributed by atoms with Crippen molar-refractivity contribution in [2.24, 2.45) is 0 Å². The maximum Gasteiger partial charge on any atom is 0.416 e. The summed E-state index contributed by atoms with van der Waals surface area (Å²) >= 11 is 0. The van der Waals surface area contributed by atoms with Gasteiger partial charge < -0.3 is 0 Å². The van der Waals surface area contributed by atoms with Crippen molar-refractivity contribution in [2.45, 2.75) is 25.4 Å². The molecular formula is C19H14F3NO. The highest BCUT2D eigenvalue weighted by atomic mass is 19.4. The molecule has 1 aliphatic heterocycles. The number of alkyl halides is 3. The van der Waals surface area contributed by atoms with Crippen molar-refractivity contribution >= 4 is 16.8 Å². The van der Waals surface area contributed by atoms with Crippen molar-refractivity contribution in [3.8, 4) is 11.1 Å². The Morgan fingerprint density at radius 1 is 0.917 bits per heavy atom. The van der Waals surface area contributed by atoms with E-state index in [4.69, 9.17) is 0 Å². The number of hydrogen-bond acceptors (Lipinski definition) is 1. The van der Waals surface area contributed by atoms with Crippen molar-refractivity contribution in [2.75, 3.05) is 0 Å². The molecule has 4 rings (SSSR count). The molecule has 5 heteroatoms. The van der Waals surface area contributed by atoms with Gasteiger partial charge in [-0.3, -0.25) is 9.36 Å². The van der Waals surface area contributed by atoms with E-state index >= 15 is 0 Å². The van der Waals surface area contributed by atoms with Gasteiger partial charge in [-0.1, -0.05) is 30.3 Å². The molecule has 0 bridgehead atoms. The molecular weight excluding hydrogens is 315 g/mol. The molecule has 0 atom stereocenters. The zero-order chi connectivity index (χ0) is 16.9. The van der Waals surface area contributed by atoms with Gasteiger partial charge in [-0.15, -0.1) is 0 Å². The molecule has 1 aliphatic rings. The van der Waals surface area contributed by atoms with E-state index in [9.17, 15) is 18.0 Å². The summed E-state index contributed by atoms with van der Waals surface area (Å²) in [5, 5.41) is 0.905. The van der Waals surface area contributed by atoms with E-state index in [-0.39, 0.29) is 5.91 Å². The smallest absolute Gasteiger partial charge is 0.284 e. The van der Waals surface area contributed by atoms with Crippen LogP contribution in [0.25, 0.3) is 22.0 Å². The third kappa shape index (κ3) is 2.23. The maximum atomic E-state index is 12.8. The van der Waals surface area contributed by atoms with Crippen molar-refractivity contribution in [1.29, 1.82) is 0 Å². The fourth-order valence-electron chi connectivity index (χ4n) is 3.48. The van der Waals surface area contributed by atoms with Crippen LogP contribution in [-0.2, 0) is 12.6 Å². The molecule has 0 saturated carbocycles. The van der Waals surface area contributed by atoms with Gasteiger partial charge in [0.25, 0.3) is 0 Å². The van der Waals surface area contributed by atoms with Crippen LogP contribution in [0.4, 0.5) is 13.2 Å². The average molecular weight is 329 g/mol. The van der Waals surface area contributed by atoms with Crippen LogP contribution >= 0.6 is 0 Å². The quantitative estimate of drug-likeness (QED) is 0.593. The van der Waals surface area contributed by atoms with Gasteiger partial charge in [0.05, 0.1) is 11.1 Å². The summed E-state index contributed by atoms with van der Waals surface area (Å²) in [5.74, 6) is 0.0469. The Morgan fingerprint density at radius 2 is 1.62 bits per heavy atom. The fraction of sp³-hybridized carbons (Fsp3) is 0.211. The number of halogens is 3. The van der Waals surface area contributed by atoms with Crippen LogP contribution in [0.1, 0.15) is 28.9 Å². The number of nitrogens with zero attached hydrogens (tertiary/aromatic N) is 1. The first kappa shape index (κ1) is 15.0. The van der Waals surface area contributed by atoms with E-state index in [0.717, 1.165) is 47.1 Å². The standard InChI is InChI=1S/C19H14F3NO/c20-19(21,22)13-10-8-12(9-11-13)18-14-4-1-2-5-15(14)23-16(18)6-3-7-17(23)24/h1-2,4-5,8-11H,3,6-7H2. The summed E-state index contributed by atoms with van der Waals surface area (Å²) in [6, 6.07) is 12.7. The van der Waals surface area contributed by atoms with Crippen LogP contribution in [0.3, 0.4) is 0 Å². The molecule has 0 amide bonds. The Labute approximate surface area is 136 Å². The number of fused-ring (bicyclic) bond motifs is 3. The number of benzene rings is 2. The topological polar surface area (TPSA) is 22.0 Å². The van der Waals surface area contributed by atoms with Gasteiger partial charge in [0.2, 0.25) is 5.91 Å². The molecule has 122 valence electrons. The first-order valence-corrected chi connectivity index (χ1v) is 7.80. The van der Waals surface area contributed by atoms with Crippen LogP contribution in [0.5, 0.6) is 0 Å². The predicted octanol–water partition coefficient (Wildman–Crippen LogP) is 5.30. The highest BCUT2D eigenvalue weighted by molar-refractivity contribution is 6.04. The summed E-state index contributed by atoms with van der Waals surface area (Å²) in [4.78, 5) is 12.3. The molecule has 2 heterocycles. The Morgan fingerprint density at radius 3 is 2.33 bits per heavy atom. The maximum absolute atomic E-state index is 12.8. The second-order valence-electron chi connectivity index (χ2n) is 6.00. The average Bonchev–Trinajstić information content (AvgIpc) is 2.90. The lowest BCUT2D eigenvalue weighted by molar-refractivity contribution is -0.137. The second kappa shape index (κ2) is 5.23. The van der Waals surface area contributed by atoms with Crippen LogP contribution in [-0.4, -0.2) is 10.5 Å².